The molecule has 0 radical (unpaired) electrons. The van der Waals surface area contributed by atoms with Crippen LogP contribution in [0.3, 0.4) is 0 Å². The number of rotatable bonds is 6. The molecule has 0 heterocycles. The van der Waals surface area contributed by atoms with Crippen molar-refractivity contribution >= 4 is 24.0 Å². The zero-order valence-electron chi connectivity index (χ0n) is 13.4. The van der Waals surface area contributed by atoms with E-state index in [1.807, 2.05) is 27.8 Å². The Hall–Kier alpha value is -1.66. The molecule has 0 aromatic heterocycles. The summed E-state index contributed by atoms with van der Waals surface area (Å²) in [6.45, 7) is 7.07. The van der Waals surface area contributed by atoms with Gasteiger partial charge in [0.2, 0.25) is 0 Å². The Bertz CT molecular complexity index is 527. The van der Waals surface area contributed by atoms with Crippen molar-refractivity contribution in [2.45, 2.75) is 32.6 Å². The minimum atomic E-state index is -0.432. The summed E-state index contributed by atoms with van der Waals surface area (Å²) in [6.07, 6.45) is 0.810. The third kappa shape index (κ3) is 5.61. The van der Waals surface area contributed by atoms with Crippen LogP contribution in [0.15, 0.2) is 18.2 Å². The van der Waals surface area contributed by atoms with Crippen LogP contribution < -0.4 is 10.6 Å². The second-order valence-electron chi connectivity index (χ2n) is 5.95. The number of carbonyl (C=O) groups is 1. The smallest absolute Gasteiger partial charge is 0.273 e. The molecule has 124 valence electrons. The van der Waals surface area contributed by atoms with Gasteiger partial charge < -0.3 is 10.6 Å². The van der Waals surface area contributed by atoms with Crippen molar-refractivity contribution in [1.29, 1.82) is 0 Å². The predicted octanol–water partition coefficient (Wildman–Crippen LogP) is 2.65. The van der Waals surface area contributed by atoms with Gasteiger partial charge in [-0.1, -0.05) is 26.8 Å². The van der Waals surface area contributed by atoms with Crippen LogP contribution in [0.1, 0.15) is 43.1 Å². The fourth-order valence-electron chi connectivity index (χ4n) is 2.03. The SMILES string of the molecule is CNCCCNC(=O)c1ccc(C(C)(C)C)c([N+](=O)[O-])c1.Cl. The van der Waals surface area contributed by atoms with E-state index in [4.69, 9.17) is 0 Å². The van der Waals surface area contributed by atoms with E-state index in [1.54, 1.807) is 12.1 Å². The van der Waals surface area contributed by atoms with Crippen LogP contribution in [-0.2, 0) is 5.41 Å². The van der Waals surface area contributed by atoms with Gasteiger partial charge in [-0.3, -0.25) is 14.9 Å². The molecule has 0 aliphatic carbocycles. The molecule has 0 spiro atoms. The van der Waals surface area contributed by atoms with Crippen molar-refractivity contribution < 1.29 is 9.72 Å². The first-order valence-electron chi connectivity index (χ1n) is 6.99. The summed E-state index contributed by atoms with van der Waals surface area (Å²) in [5.41, 5.74) is 0.591. The van der Waals surface area contributed by atoms with E-state index >= 15 is 0 Å². The van der Waals surface area contributed by atoms with Gasteiger partial charge >= 0.3 is 0 Å². The van der Waals surface area contributed by atoms with E-state index in [1.165, 1.54) is 6.07 Å². The first-order chi connectivity index (χ1) is 9.77. The maximum atomic E-state index is 12.0. The van der Waals surface area contributed by atoms with Crippen LogP contribution in [0.25, 0.3) is 0 Å². The molecule has 1 amide bonds. The van der Waals surface area contributed by atoms with E-state index in [9.17, 15) is 14.9 Å². The highest BCUT2D eigenvalue weighted by atomic mass is 35.5. The molecule has 0 saturated heterocycles. The van der Waals surface area contributed by atoms with Crippen molar-refractivity contribution in [2.75, 3.05) is 20.1 Å². The number of nitrogens with zero attached hydrogens (tertiary/aromatic N) is 1. The topological polar surface area (TPSA) is 84.3 Å². The Morgan fingerprint density at radius 3 is 2.41 bits per heavy atom. The highest BCUT2D eigenvalue weighted by Crippen LogP contribution is 2.31. The number of nitro groups is 1. The summed E-state index contributed by atoms with van der Waals surface area (Å²) < 4.78 is 0. The van der Waals surface area contributed by atoms with E-state index in [2.05, 4.69) is 10.6 Å². The molecule has 22 heavy (non-hydrogen) atoms. The average Bonchev–Trinajstić information content (AvgIpc) is 2.41. The molecular formula is C15H24ClN3O3. The van der Waals surface area contributed by atoms with Gasteiger partial charge in [0.05, 0.1) is 4.92 Å². The van der Waals surface area contributed by atoms with Gasteiger partial charge in [0.1, 0.15) is 0 Å². The number of amides is 1. The largest absolute Gasteiger partial charge is 0.352 e. The Morgan fingerprint density at radius 1 is 1.27 bits per heavy atom. The molecule has 0 unspecified atom stereocenters. The molecule has 2 N–H and O–H groups in total. The maximum absolute atomic E-state index is 12.0. The second-order valence-corrected chi connectivity index (χ2v) is 5.95. The third-order valence-corrected chi connectivity index (χ3v) is 3.15. The van der Waals surface area contributed by atoms with Crippen molar-refractivity contribution in [2.24, 2.45) is 0 Å². The molecule has 6 nitrogen and oxygen atoms in total. The average molecular weight is 330 g/mol. The summed E-state index contributed by atoms with van der Waals surface area (Å²) in [5, 5.41) is 17.0. The highest BCUT2D eigenvalue weighted by molar-refractivity contribution is 5.95. The van der Waals surface area contributed by atoms with Crippen molar-refractivity contribution in [3.05, 3.63) is 39.4 Å². The number of hydrogen-bond acceptors (Lipinski definition) is 4. The third-order valence-electron chi connectivity index (χ3n) is 3.15. The van der Waals surface area contributed by atoms with Gasteiger partial charge in [-0.25, -0.2) is 0 Å². The van der Waals surface area contributed by atoms with Crippen LogP contribution in [-0.4, -0.2) is 31.0 Å². The van der Waals surface area contributed by atoms with Crippen molar-refractivity contribution in [3.63, 3.8) is 0 Å². The minimum absolute atomic E-state index is 0. The van der Waals surface area contributed by atoms with E-state index in [0.29, 0.717) is 17.7 Å². The summed E-state index contributed by atoms with van der Waals surface area (Å²) in [7, 11) is 1.84. The van der Waals surface area contributed by atoms with Crippen molar-refractivity contribution in [3.8, 4) is 0 Å². The van der Waals surface area contributed by atoms with E-state index in [-0.39, 0.29) is 29.4 Å². The number of hydrogen-bond donors (Lipinski definition) is 2. The molecule has 0 bridgehead atoms. The number of nitro benzene ring substituents is 1. The Balaban J connectivity index is 0.00000441. The number of carbonyl (C=O) groups excluding carboxylic acids is 1. The van der Waals surface area contributed by atoms with Gasteiger partial charge in [0.15, 0.2) is 0 Å². The lowest BCUT2D eigenvalue weighted by Gasteiger charge is -2.19. The lowest BCUT2D eigenvalue weighted by Crippen LogP contribution is -2.27. The molecule has 1 rings (SSSR count). The summed E-state index contributed by atoms with van der Waals surface area (Å²) in [4.78, 5) is 22.8. The number of benzene rings is 1. The summed E-state index contributed by atoms with van der Waals surface area (Å²) >= 11 is 0. The molecule has 0 aliphatic heterocycles. The Kier molecular flexibility index (Phi) is 8.05. The molecule has 0 saturated carbocycles. The molecular weight excluding hydrogens is 306 g/mol. The summed E-state index contributed by atoms with van der Waals surface area (Å²) in [6, 6.07) is 4.66. The monoisotopic (exact) mass is 329 g/mol. The predicted molar refractivity (Wildman–Crippen MR) is 89.9 cm³/mol. The van der Waals surface area contributed by atoms with Crippen LogP contribution in [0.2, 0.25) is 0 Å². The molecule has 0 aliphatic rings. The fraction of sp³-hybridized carbons (Fsp3) is 0.533. The zero-order chi connectivity index (χ0) is 16.0. The number of nitrogens with one attached hydrogen (secondary N) is 2. The first-order valence-corrected chi connectivity index (χ1v) is 6.99. The van der Waals surface area contributed by atoms with Gasteiger partial charge in [-0.05, 0) is 31.5 Å². The van der Waals surface area contributed by atoms with Crippen molar-refractivity contribution in [1.82, 2.24) is 10.6 Å². The Morgan fingerprint density at radius 2 is 1.91 bits per heavy atom. The first kappa shape index (κ1) is 20.3. The molecule has 7 heteroatoms. The van der Waals surface area contributed by atoms with Gasteiger partial charge in [-0.2, -0.15) is 0 Å². The van der Waals surface area contributed by atoms with Crippen LogP contribution in [0.4, 0.5) is 5.69 Å². The number of halogens is 1. The minimum Gasteiger partial charge on any atom is -0.352 e. The lowest BCUT2D eigenvalue weighted by atomic mass is 9.85. The van der Waals surface area contributed by atoms with Crippen LogP contribution in [0.5, 0.6) is 0 Å². The van der Waals surface area contributed by atoms with Crippen LogP contribution >= 0.6 is 12.4 Å². The molecule has 1 aromatic carbocycles. The van der Waals surface area contributed by atoms with E-state index < -0.39 is 4.92 Å². The molecule has 0 fully saturated rings. The van der Waals surface area contributed by atoms with Gasteiger partial charge in [0, 0.05) is 23.7 Å². The highest BCUT2D eigenvalue weighted by Gasteiger charge is 2.25. The second kappa shape index (κ2) is 8.70. The molecule has 0 atom stereocenters. The normalized spacial score (nSPS) is 10.7. The summed E-state index contributed by atoms with van der Waals surface area (Å²) in [5.74, 6) is -0.283. The van der Waals surface area contributed by atoms with Gasteiger partial charge in [-0.15, -0.1) is 12.4 Å². The molecule has 1 aromatic rings. The maximum Gasteiger partial charge on any atom is 0.273 e. The Labute approximate surface area is 137 Å². The van der Waals surface area contributed by atoms with Gasteiger partial charge in [0.25, 0.3) is 11.6 Å². The van der Waals surface area contributed by atoms with E-state index in [0.717, 1.165) is 13.0 Å². The standard InChI is InChI=1S/C15H23N3O3.ClH/c1-15(2,3)12-7-6-11(10-13(12)18(20)21)14(19)17-9-5-8-16-4;/h6-7,10,16H,5,8-9H2,1-4H3,(H,17,19);1H. The lowest BCUT2D eigenvalue weighted by molar-refractivity contribution is -0.386. The fourth-order valence-corrected chi connectivity index (χ4v) is 2.03. The quantitative estimate of drug-likeness (QED) is 0.477. The zero-order valence-corrected chi connectivity index (χ0v) is 14.3. The van der Waals surface area contributed by atoms with Crippen LogP contribution in [0, 0.1) is 10.1 Å².